The molecule has 1 heterocycles. The van der Waals surface area contributed by atoms with E-state index in [9.17, 15) is 0 Å². The van der Waals surface area contributed by atoms with E-state index in [0.29, 0.717) is 22.9 Å². The molecule has 0 unspecified atom stereocenters. The molecule has 3 rings (SSSR count). The molecule has 0 saturated heterocycles. The molecule has 0 bridgehead atoms. The number of nitrogen functional groups attached to an aromatic ring is 1. The maximum Gasteiger partial charge on any atom is 0.203 e. The zero-order valence-corrected chi connectivity index (χ0v) is 12.7. The van der Waals surface area contributed by atoms with Gasteiger partial charge in [0, 0.05) is 23.2 Å². The van der Waals surface area contributed by atoms with E-state index in [2.05, 4.69) is 5.10 Å². The summed E-state index contributed by atoms with van der Waals surface area (Å²) in [5.74, 6) is 1.71. The second kappa shape index (κ2) is 5.48. The molecule has 0 atom stereocenters. The van der Waals surface area contributed by atoms with Gasteiger partial charge in [-0.1, -0.05) is 0 Å². The van der Waals surface area contributed by atoms with Gasteiger partial charge in [-0.15, -0.1) is 0 Å². The van der Waals surface area contributed by atoms with E-state index in [1.807, 2.05) is 30.3 Å². The zero-order chi connectivity index (χ0) is 15.7. The number of fused-ring (bicyclic) bond motifs is 1. The van der Waals surface area contributed by atoms with Crippen LogP contribution in [-0.4, -0.2) is 31.1 Å². The summed E-state index contributed by atoms with van der Waals surface area (Å²) in [5, 5.41) is 5.39. The predicted molar refractivity (Wildman–Crippen MR) is 85.1 cm³/mol. The minimum atomic E-state index is 0.550. The first-order valence-electron chi connectivity index (χ1n) is 6.71. The summed E-state index contributed by atoms with van der Waals surface area (Å²) in [4.78, 5) is 0. The molecule has 6 nitrogen and oxygen atoms in total. The summed E-state index contributed by atoms with van der Waals surface area (Å²) in [6.07, 6.45) is 1.77. The Kier molecular flexibility index (Phi) is 3.50. The lowest BCUT2D eigenvalue weighted by Gasteiger charge is -2.14. The van der Waals surface area contributed by atoms with Gasteiger partial charge in [-0.3, -0.25) is 0 Å². The fourth-order valence-corrected chi connectivity index (χ4v) is 2.45. The summed E-state index contributed by atoms with van der Waals surface area (Å²) in [5.41, 5.74) is 8.27. The van der Waals surface area contributed by atoms with E-state index >= 15 is 0 Å². The second-order valence-corrected chi connectivity index (χ2v) is 4.76. The largest absolute Gasteiger partial charge is 0.493 e. The number of aromatic nitrogens is 2. The van der Waals surface area contributed by atoms with Gasteiger partial charge in [0.25, 0.3) is 0 Å². The van der Waals surface area contributed by atoms with Crippen molar-refractivity contribution in [3.63, 3.8) is 0 Å². The topological polar surface area (TPSA) is 71.5 Å². The van der Waals surface area contributed by atoms with Gasteiger partial charge in [0.1, 0.15) is 0 Å². The molecule has 0 spiro atoms. The number of hydrogen-bond donors (Lipinski definition) is 1. The van der Waals surface area contributed by atoms with E-state index in [1.54, 1.807) is 32.2 Å². The first kappa shape index (κ1) is 14.1. The standard InChI is InChI=1S/C16H17N3O3/c1-20-14-7-12(8-15(21-2)16(14)22-3)19-13-5-4-11(17)6-10(13)9-18-19/h4-9H,17H2,1-3H3. The SMILES string of the molecule is COc1cc(-n2ncc3cc(N)ccc32)cc(OC)c1OC. The highest BCUT2D eigenvalue weighted by Gasteiger charge is 2.15. The van der Waals surface area contributed by atoms with Crippen LogP contribution >= 0.6 is 0 Å². The molecular formula is C16H17N3O3. The Morgan fingerprint density at radius 1 is 0.955 bits per heavy atom. The van der Waals surface area contributed by atoms with Crippen LogP contribution in [0.5, 0.6) is 17.2 Å². The van der Waals surface area contributed by atoms with Crippen molar-refractivity contribution in [2.24, 2.45) is 0 Å². The summed E-state index contributed by atoms with van der Waals surface area (Å²) < 4.78 is 17.9. The lowest BCUT2D eigenvalue weighted by atomic mass is 10.2. The Balaban J connectivity index is 2.22. The van der Waals surface area contributed by atoms with Gasteiger partial charge in [0.2, 0.25) is 5.75 Å². The van der Waals surface area contributed by atoms with Crippen molar-refractivity contribution in [1.29, 1.82) is 0 Å². The molecule has 1 aromatic heterocycles. The third-order valence-electron chi connectivity index (χ3n) is 3.49. The third-order valence-corrected chi connectivity index (χ3v) is 3.49. The molecule has 0 aliphatic rings. The van der Waals surface area contributed by atoms with Crippen LogP contribution in [0.15, 0.2) is 36.5 Å². The molecule has 0 aliphatic heterocycles. The highest BCUT2D eigenvalue weighted by molar-refractivity contribution is 5.83. The van der Waals surface area contributed by atoms with Crippen molar-refractivity contribution in [3.05, 3.63) is 36.5 Å². The Labute approximate surface area is 128 Å². The third kappa shape index (κ3) is 2.18. The fraction of sp³-hybridized carbons (Fsp3) is 0.188. The van der Waals surface area contributed by atoms with Gasteiger partial charge in [0.15, 0.2) is 11.5 Å². The van der Waals surface area contributed by atoms with Crippen molar-refractivity contribution < 1.29 is 14.2 Å². The van der Waals surface area contributed by atoms with Crippen LogP contribution in [0.2, 0.25) is 0 Å². The second-order valence-electron chi connectivity index (χ2n) is 4.76. The molecule has 6 heteroatoms. The van der Waals surface area contributed by atoms with Crippen LogP contribution in [0.4, 0.5) is 5.69 Å². The number of methoxy groups -OCH3 is 3. The van der Waals surface area contributed by atoms with E-state index in [0.717, 1.165) is 16.6 Å². The summed E-state index contributed by atoms with van der Waals surface area (Å²) in [6, 6.07) is 9.37. The van der Waals surface area contributed by atoms with Crippen molar-refractivity contribution in [3.8, 4) is 22.9 Å². The Morgan fingerprint density at radius 3 is 2.23 bits per heavy atom. The monoisotopic (exact) mass is 299 g/mol. The van der Waals surface area contributed by atoms with Gasteiger partial charge >= 0.3 is 0 Å². The van der Waals surface area contributed by atoms with Crippen molar-refractivity contribution >= 4 is 16.6 Å². The average molecular weight is 299 g/mol. The van der Waals surface area contributed by atoms with Crippen LogP contribution in [0.25, 0.3) is 16.6 Å². The zero-order valence-electron chi connectivity index (χ0n) is 12.7. The van der Waals surface area contributed by atoms with Crippen LogP contribution in [0.1, 0.15) is 0 Å². The van der Waals surface area contributed by atoms with Gasteiger partial charge in [0.05, 0.1) is 38.7 Å². The number of rotatable bonds is 4. The molecular weight excluding hydrogens is 282 g/mol. The van der Waals surface area contributed by atoms with E-state index < -0.39 is 0 Å². The average Bonchev–Trinajstić information content (AvgIpc) is 2.96. The van der Waals surface area contributed by atoms with E-state index in [-0.39, 0.29) is 0 Å². The molecule has 0 amide bonds. The first-order valence-corrected chi connectivity index (χ1v) is 6.71. The Hall–Kier alpha value is -2.89. The van der Waals surface area contributed by atoms with Crippen molar-refractivity contribution in [1.82, 2.24) is 9.78 Å². The van der Waals surface area contributed by atoms with Crippen LogP contribution in [-0.2, 0) is 0 Å². The van der Waals surface area contributed by atoms with Crippen LogP contribution < -0.4 is 19.9 Å². The minimum Gasteiger partial charge on any atom is -0.493 e. The number of anilines is 1. The van der Waals surface area contributed by atoms with Gasteiger partial charge in [-0.2, -0.15) is 5.10 Å². The summed E-state index contributed by atoms with van der Waals surface area (Å²) >= 11 is 0. The molecule has 114 valence electrons. The normalized spacial score (nSPS) is 10.7. The molecule has 2 aromatic carbocycles. The van der Waals surface area contributed by atoms with Crippen molar-refractivity contribution in [2.45, 2.75) is 0 Å². The molecule has 0 saturated carbocycles. The number of nitrogens with zero attached hydrogens (tertiary/aromatic N) is 2. The molecule has 0 aliphatic carbocycles. The summed E-state index contributed by atoms with van der Waals surface area (Å²) in [6.45, 7) is 0. The van der Waals surface area contributed by atoms with E-state index in [1.165, 1.54) is 0 Å². The highest BCUT2D eigenvalue weighted by Crippen LogP contribution is 2.39. The van der Waals surface area contributed by atoms with E-state index in [4.69, 9.17) is 19.9 Å². The lowest BCUT2D eigenvalue weighted by molar-refractivity contribution is 0.324. The molecule has 22 heavy (non-hydrogen) atoms. The Bertz CT molecular complexity index is 802. The quantitative estimate of drug-likeness (QED) is 0.750. The smallest absolute Gasteiger partial charge is 0.203 e. The van der Waals surface area contributed by atoms with Crippen molar-refractivity contribution in [2.75, 3.05) is 27.1 Å². The van der Waals surface area contributed by atoms with Gasteiger partial charge in [-0.05, 0) is 18.2 Å². The van der Waals surface area contributed by atoms with Crippen LogP contribution in [0, 0.1) is 0 Å². The first-order chi connectivity index (χ1) is 10.7. The minimum absolute atomic E-state index is 0.550. The lowest BCUT2D eigenvalue weighted by Crippen LogP contribution is -2.01. The van der Waals surface area contributed by atoms with Crippen LogP contribution in [0.3, 0.4) is 0 Å². The predicted octanol–water partition coefficient (Wildman–Crippen LogP) is 2.63. The molecule has 0 fully saturated rings. The maximum atomic E-state index is 5.81. The fourth-order valence-electron chi connectivity index (χ4n) is 2.45. The number of ether oxygens (including phenoxy) is 3. The van der Waals surface area contributed by atoms with Gasteiger partial charge in [-0.25, -0.2) is 4.68 Å². The van der Waals surface area contributed by atoms with Gasteiger partial charge < -0.3 is 19.9 Å². The highest BCUT2D eigenvalue weighted by atomic mass is 16.5. The number of benzene rings is 2. The number of hydrogen-bond acceptors (Lipinski definition) is 5. The molecule has 2 N–H and O–H groups in total. The molecule has 0 radical (unpaired) electrons. The summed E-state index contributed by atoms with van der Waals surface area (Å²) in [7, 11) is 4.75. The Morgan fingerprint density at radius 2 is 1.64 bits per heavy atom. The molecule has 3 aromatic rings. The maximum absolute atomic E-state index is 5.81. The number of nitrogens with two attached hydrogens (primary N) is 1.